The number of carbonyl (C=O) groups is 2. The van der Waals surface area contributed by atoms with Gasteiger partial charge in [0.15, 0.2) is 0 Å². The van der Waals surface area contributed by atoms with Gasteiger partial charge in [-0.05, 0) is 43.2 Å². The van der Waals surface area contributed by atoms with E-state index in [1.807, 2.05) is 0 Å². The highest BCUT2D eigenvalue weighted by Gasteiger charge is 2.52. The summed E-state index contributed by atoms with van der Waals surface area (Å²) in [5.74, 6) is -3.09. The molecule has 118 valence electrons. The number of nitrogens with one attached hydrogen (secondary N) is 1. The van der Waals surface area contributed by atoms with Gasteiger partial charge in [-0.3, -0.25) is 9.59 Å². The van der Waals surface area contributed by atoms with Crippen LogP contribution in [0.2, 0.25) is 0 Å². The first kappa shape index (κ1) is 14.9. The molecular formula is C16H17F2NO3. The van der Waals surface area contributed by atoms with Gasteiger partial charge in [0.05, 0.1) is 13.0 Å². The average molecular weight is 309 g/mol. The van der Waals surface area contributed by atoms with Gasteiger partial charge in [-0.2, -0.15) is 0 Å². The molecule has 1 N–H and O–H groups in total. The topological polar surface area (TPSA) is 55.4 Å². The third-order valence-electron chi connectivity index (χ3n) is 4.88. The largest absolute Gasteiger partial charge is 0.469 e. The van der Waals surface area contributed by atoms with Crippen LogP contribution in [0.25, 0.3) is 0 Å². The van der Waals surface area contributed by atoms with Gasteiger partial charge in [0.2, 0.25) is 0 Å². The third-order valence-corrected chi connectivity index (χ3v) is 4.88. The van der Waals surface area contributed by atoms with Gasteiger partial charge in [0.25, 0.3) is 5.91 Å². The van der Waals surface area contributed by atoms with Crippen molar-refractivity contribution in [3.8, 4) is 0 Å². The monoisotopic (exact) mass is 309 g/mol. The molecule has 4 atom stereocenters. The molecule has 22 heavy (non-hydrogen) atoms. The normalized spacial score (nSPS) is 29.4. The van der Waals surface area contributed by atoms with Crippen molar-refractivity contribution in [2.45, 2.75) is 25.3 Å². The third kappa shape index (κ3) is 2.36. The molecule has 4 nitrogen and oxygen atoms in total. The molecule has 0 saturated heterocycles. The smallest absolute Gasteiger partial charge is 0.311 e. The number of benzene rings is 1. The first-order chi connectivity index (χ1) is 10.5. The van der Waals surface area contributed by atoms with Crippen molar-refractivity contribution in [2.24, 2.45) is 17.8 Å². The second kappa shape index (κ2) is 5.66. The second-order valence-electron chi connectivity index (χ2n) is 5.98. The van der Waals surface area contributed by atoms with E-state index in [0.29, 0.717) is 0 Å². The maximum absolute atomic E-state index is 13.7. The molecule has 0 spiro atoms. The summed E-state index contributed by atoms with van der Waals surface area (Å²) in [5.41, 5.74) is -0.603. The standard InChI is InChI=1S/C16H17F2NO3/c1-22-16(21)12-8-5-6-9(7-8)14(12)19-15(20)13-10(17)3-2-4-11(13)18/h2-4,8-9,12,14H,5-7H2,1H3,(H,19,20)/t8-,9-,12-,14+/m0/s1. The van der Waals surface area contributed by atoms with E-state index in [-0.39, 0.29) is 17.8 Å². The summed E-state index contributed by atoms with van der Waals surface area (Å²) >= 11 is 0. The van der Waals surface area contributed by atoms with Gasteiger partial charge in [-0.25, -0.2) is 8.78 Å². The van der Waals surface area contributed by atoms with Crippen molar-refractivity contribution in [1.82, 2.24) is 5.32 Å². The number of carbonyl (C=O) groups excluding carboxylic acids is 2. The molecule has 0 unspecified atom stereocenters. The first-order valence-corrected chi connectivity index (χ1v) is 7.35. The zero-order chi connectivity index (χ0) is 15.9. The fourth-order valence-corrected chi connectivity index (χ4v) is 3.91. The molecule has 2 saturated carbocycles. The Hall–Kier alpha value is -1.98. The van der Waals surface area contributed by atoms with Crippen LogP contribution in [0, 0.1) is 29.4 Å². The number of amides is 1. The van der Waals surface area contributed by atoms with Crippen molar-refractivity contribution in [2.75, 3.05) is 7.11 Å². The van der Waals surface area contributed by atoms with Crippen LogP contribution < -0.4 is 5.32 Å². The van der Waals surface area contributed by atoms with Crippen molar-refractivity contribution in [3.05, 3.63) is 35.4 Å². The van der Waals surface area contributed by atoms with Gasteiger partial charge < -0.3 is 10.1 Å². The molecule has 1 amide bonds. The number of ether oxygens (including phenoxy) is 1. The van der Waals surface area contributed by atoms with Crippen LogP contribution in [-0.2, 0) is 9.53 Å². The van der Waals surface area contributed by atoms with E-state index < -0.39 is 35.1 Å². The van der Waals surface area contributed by atoms with Gasteiger partial charge in [-0.15, -0.1) is 0 Å². The van der Waals surface area contributed by atoms with E-state index >= 15 is 0 Å². The molecule has 0 aliphatic heterocycles. The Labute approximate surface area is 126 Å². The number of hydrogen-bond donors (Lipinski definition) is 1. The van der Waals surface area contributed by atoms with E-state index in [9.17, 15) is 18.4 Å². The Balaban J connectivity index is 1.82. The Morgan fingerprint density at radius 1 is 1.18 bits per heavy atom. The minimum absolute atomic E-state index is 0.160. The van der Waals surface area contributed by atoms with E-state index in [1.54, 1.807) is 0 Å². The van der Waals surface area contributed by atoms with Crippen molar-refractivity contribution >= 4 is 11.9 Å². The summed E-state index contributed by atoms with van der Waals surface area (Å²) in [4.78, 5) is 24.2. The number of rotatable bonds is 3. The number of halogens is 2. The zero-order valence-electron chi connectivity index (χ0n) is 12.1. The Morgan fingerprint density at radius 3 is 2.45 bits per heavy atom. The molecular weight excluding hydrogens is 292 g/mol. The van der Waals surface area contributed by atoms with E-state index in [1.165, 1.54) is 13.2 Å². The van der Waals surface area contributed by atoms with Crippen LogP contribution >= 0.6 is 0 Å². The fourth-order valence-electron chi connectivity index (χ4n) is 3.91. The molecule has 0 heterocycles. The SMILES string of the molecule is COC(=O)[C@H]1[C@H]2CC[C@@H](C2)[C@H]1NC(=O)c1c(F)cccc1F. The van der Waals surface area contributed by atoms with Crippen LogP contribution in [0.4, 0.5) is 8.78 Å². The van der Waals surface area contributed by atoms with Crippen LogP contribution in [0.1, 0.15) is 29.6 Å². The lowest BCUT2D eigenvalue weighted by Gasteiger charge is -2.29. The summed E-state index contributed by atoms with van der Waals surface area (Å²) in [6, 6.07) is 2.86. The summed E-state index contributed by atoms with van der Waals surface area (Å²) in [6.07, 6.45) is 2.66. The van der Waals surface area contributed by atoms with E-state index in [2.05, 4.69) is 5.32 Å². The molecule has 1 aromatic carbocycles. The maximum Gasteiger partial charge on any atom is 0.311 e. The predicted molar refractivity (Wildman–Crippen MR) is 73.9 cm³/mol. The summed E-state index contributed by atoms with van der Waals surface area (Å²) in [5, 5.41) is 2.65. The first-order valence-electron chi connectivity index (χ1n) is 7.35. The predicted octanol–water partition coefficient (Wildman–Crippen LogP) is 2.28. The summed E-state index contributed by atoms with van der Waals surface area (Å²) in [6.45, 7) is 0. The van der Waals surface area contributed by atoms with Gasteiger partial charge in [-0.1, -0.05) is 6.07 Å². The number of hydrogen-bond acceptors (Lipinski definition) is 3. The van der Waals surface area contributed by atoms with Gasteiger partial charge in [0, 0.05) is 6.04 Å². The van der Waals surface area contributed by atoms with Crippen LogP contribution in [0.5, 0.6) is 0 Å². The molecule has 2 aliphatic rings. The Kier molecular flexibility index (Phi) is 3.85. The quantitative estimate of drug-likeness (QED) is 0.872. The van der Waals surface area contributed by atoms with E-state index in [0.717, 1.165) is 31.4 Å². The zero-order valence-corrected chi connectivity index (χ0v) is 12.1. The minimum atomic E-state index is -0.907. The number of fused-ring (bicyclic) bond motifs is 2. The second-order valence-corrected chi connectivity index (χ2v) is 5.98. The number of esters is 1. The van der Waals surface area contributed by atoms with E-state index in [4.69, 9.17) is 4.74 Å². The lowest BCUT2D eigenvalue weighted by molar-refractivity contribution is -0.148. The summed E-state index contributed by atoms with van der Waals surface area (Å²) in [7, 11) is 1.31. The molecule has 6 heteroatoms. The molecule has 2 aliphatic carbocycles. The highest BCUT2D eigenvalue weighted by molar-refractivity contribution is 5.95. The fraction of sp³-hybridized carbons (Fsp3) is 0.500. The average Bonchev–Trinajstić information content (AvgIpc) is 3.07. The molecule has 2 fully saturated rings. The maximum atomic E-state index is 13.7. The Bertz CT molecular complexity index is 599. The van der Waals surface area contributed by atoms with Crippen molar-refractivity contribution in [1.29, 1.82) is 0 Å². The minimum Gasteiger partial charge on any atom is -0.469 e. The molecule has 3 rings (SSSR count). The summed E-state index contributed by atoms with van der Waals surface area (Å²) < 4.78 is 32.2. The Morgan fingerprint density at radius 2 is 1.82 bits per heavy atom. The lowest BCUT2D eigenvalue weighted by Crippen LogP contribution is -2.47. The van der Waals surface area contributed by atoms with Crippen LogP contribution in [0.15, 0.2) is 18.2 Å². The molecule has 1 aromatic rings. The van der Waals surface area contributed by atoms with Crippen LogP contribution in [0.3, 0.4) is 0 Å². The van der Waals surface area contributed by atoms with Gasteiger partial charge in [0.1, 0.15) is 17.2 Å². The number of methoxy groups -OCH3 is 1. The van der Waals surface area contributed by atoms with Gasteiger partial charge >= 0.3 is 5.97 Å². The molecule has 2 bridgehead atoms. The molecule has 0 radical (unpaired) electrons. The lowest BCUT2D eigenvalue weighted by atomic mass is 9.84. The highest BCUT2D eigenvalue weighted by Crippen LogP contribution is 2.49. The van der Waals surface area contributed by atoms with Crippen molar-refractivity contribution in [3.63, 3.8) is 0 Å². The highest BCUT2D eigenvalue weighted by atomic mass is 19.1. The van der Waals surface area contributed by atoms with Crippen molar-refractivity contribution < 1.29 is 23.1 Å². The van der Waals surface area contributed by atoms with Crippen LogP contribution in [-0.4, -0.2) is 25.0 Å². The molecule has 0 aromatic heterocycles.